The van der Waals surface area contributed by atoms with Gasteiger partial charge in [-0.2, -0.15) is 5.10 Å². The Hall–Kier alpha value is -1.69. The lowest BCUT2D eigenvalue weighted by molar-refractivity contribution is 0.603. The molecule has 2 rings (SSSR count). The molecule has 1 heterocycles. The van der Waals surface area contributed by atoms with E-state index in [2.05, 4.69) is 26.3 Å². The van der Waals surface area contributed by atoms with Crippen molar-refractivity contribution in [2.75, 3.05) is 11.9 Å². The van der Waals surface area contributed by atoms with Crippen LogP contribution in [-0.4, -0.2) is 16.3 Å². The van der Waals surface area contributed by atoms with Crippen LogP contribution in [0.3, 0.4) is 0 Å². The second kappa shape index (κ2) is 6.65. The highest BCUT2D eigenvalue weighted by molar-refractivity contribution is 9.10. The number of rotatable bonds is 5. The van der Waals surface area contributed by atoms with E-state index >= 15 is 0 Å². The van der Waals surface area contributed by atoms with Gasteiger partial charge in [-0.3, -0.25) is 4.79 Å². The second-order valence-electron chi connectivity index (χ2n) is 4.38. The zero-order valence-electron chi connectivity index (χ0n) is 11.1. The zero-order chi connectivity index (χ0) is 14.5. The molecule has 0 bridgehead atoms. The molecule has 0 fully saturated rings. The lowest BCUT2D eigenvalue weighted by Gasteiger charge is -2.09. The molecular weight excluding hydrogens is 325 g/mol. The Bertz CT molecular complexity index is 657. The van der Waals surface area contributed by atoms with Crippen molar-refractivity contribution in [2.45, 2.75) is 19.9 Å². The Morgan fingerprint density at radius 1 is 1.45 bits per heavy atom. The van der Waals surface area contributed by atoms with E-state index in [1.54, 1.807) is 18.3 Å². The first-order chi connectivity index (χ1) is 9.61. The summed E-state index contributed by atoms with van der Waals surface area (Å²) in [7, 11) is 0. The smallest absolute Gasteiger partial charge is 0.269 e. The fourth-order valence-corrected chi connectivity index (χ4v) is 2.14. The predicted molar refractivity (Wildman–Crippen MR) is 80.5 cm³/mol. The first-order valence-corrected chi connectivity index (χ1v) is 7.15. The average molecular weight is 340 g/mol. The van der Waals surface area contributed by atoms with Gasteiger partial charge in [-0.05, 0) is 34.0 Å². The van der Waals surface area contributed by atoms with Crippen molar-refractivity contribution < 1.29 is 4.39 Å². The van der Waals surface area contributed by atoms with Crippen molar-refractivity contribution >= 4 is 21.6 Å². The van der Waals surface area contributed by atoms with Crippen molar-refractivity contribution in [1.29, 1.82) is 0 Å². The molecule has 2 aromatic rings. The fourth-order valence-electron chi connectivity index (χ4n) is 1.75. The fraction of sp³-hybridized carbons (Fsp3) is 0.286. The van der Waals surface area contributed by atoms with Crippen LogP contribution in [-0.2, 0) is 6.54 Å². The minimum atomic E-state index is -0.350. The Morgan fingerprint density at radius 3 is 2.95 bits per heavy atom. The molecule has 0 radical (unpaired) electrons. The van der Waals surface area contributed by atoms with Gasteiger partial charge in [-0.1, -0.05) is 19.1 Å². The summed E-state index contributed by atoms with van der Waals surface area (Å²) in [6.45, 7) is 3.06. The van der Waals surface area contributed by atoms with Gasteiger partial charge in [0.2, 0.25) is 0 Å². The van der Waals surface area contributed by atoms with Crippen molar-refractivity contribution in [1.82, 2.24) is 9.78 Å². The molecule has 20 heavy (non-hydrogen) atoms. The van der Waals surface area contributed by atoms with Gasteiger partial charge < -0.3 is 5.32 Å². The normalized spacial score (nSPS) is 10.6. The third kappa shape index (κ3) is 3.45. The molecule has 0 unspecified atom stereocenters. The molecule has 0 aliphatic rings. The van der Waals surface area contributed by atoms with E-state index in [1.165, 1.54) is 16.8 Å². The van der Waals surface area contributed by atoms with E-state index in [1.807, 2.05) is 6.92 Å². The number of nitrogens with zero attached hydrogens (tertiary/aromatic N) is 2. The number of benzene rings is 1. The van der Waals surface area contributed by atoms with E-state index < -0.39 is 0 Å². The van der Waals surface area contributed by atoms with Gasteiger partial charge in [0.15, 0.2) is 0 Å². The summed E-state index contributed by atoms with van der Waals surface area (Å²) in [6, 6.07) is 6.22. The van der Waals surface area contributed by atoms with Crippen LogP contribution >= 0.6 is 15.9 Å². The van der Waals surface area contributed by atoms with E-state index in [4.69, 9.17) is 0 Å². The van der Waals surface area contributed by atoms with Crippen molar-refractivity contribution in [3.63, 3.8) is 0 Å². The molecule has 0 aliphatic heterocycles. The largest absolute Gasteiger partial charge is 0.384 e. The van der Waals surface area contributed by atoms with Crippen LogP contribution < -0.4 is 10.9 Å². The van der Waals surface area contributed by atoms with E-state index in [0.717, 1.165) is 13.0 Å². The minimum Gasteiger partial charge on any atom is -0.384 e. The maximum absolute atomic E-state index is 13.4. The monoisotopic (exact) mass is 339 g/mol. The number of nitrogens with one attached hydrogen (secondary N) is 1. The quantitative estimate of drug-likeness (QED) is 0.910. The molecule has 0 spiro atoms. The van der Waals surface area contributed by atoms with Gasteiger partial charge >= 0.3 is 0 Å². The average Bonchev–Trinajstić information content (AvgIpc) is 2.44. The van der Waals surface area contributed by atoms with Gasteiger partial charge in [-0.25, -0.2) is 9.07 Å². The molecule has 6 heteroatoms. The van der Waals surface area contributed by atoms with Gasteiger partial charge in [0, 0.05) is 12.6 Å². The molecular formula is C14H15BrFN3O. The SMILES string of the molecule is CCCNc1cnn(Cc2cccc(F)c2Br)c(=O)c1. The minimum absolute atomic E-state index is 0.220. The van der Waals surface area contributed by atoms with Crippen molar-refractivity contribution in [2.24, 2.45) is 0 Å². The highest BCUT2D eigenvalue weighted by Gasteiger charge is 2.07. The molecule has 0 atom stereocenters. The van der Waals surface area contributed by atoms with Gasteiger partial charge in [0.05, 0.1) is 22.9 Å². The third-order valence-corrected chi connectivity index (χ3v) is 3.69. The maximum atomic E-state index is 13.4. The first-order valence-electron chi connectivity index (χ1n) is 6.35. The van der Waals surface area contributed by atoms with Gasteiger partial charge in [0.1, 0.15) is 5.82 Å². The van der Waals surface area contributed by atoms with Crippen LogP contribution in [0.4, 0.5) is 10.1 Å². The van der Waals surface area contributed by atoms with Crippen molar-refractivity contribution in [3.05, 3.63) is 56.7 Å². The summed E-state index contributed by atoms with van der Waals surface area (Å²) >= 11 is 3.18. The van der Waals surface area contributed by atoms with Crippen LogP contribution in [0, 0.1) is 5.82 Å². The molecule has 1 N–H and O–H groups in total. The third-order valence-electron chi connectivity index (χ3n) is 2.80. The lowest BCUT2D eigenvalue weighted by atomic mass is 10.2. The maximum Gasteiger partial charge on any atom is 0.269 e. The number of hydrogen-bond donors (Lipinski definition) is 1. The topological polar surface area (TPSA) is 46.9 Å². The van der Waals surface area contributed by atoms with Crippen LogP contribution in [0.25, 0.3) is 0 Å². The second-order valence-corrected chi connectivity index (χ2v) is 5.17. The highest BCUT2D eigenvalue weighted by Crippen LogP contribution is 2.20. The van der Waals surface area contributed by atoms with E-state index in [9.17, 15) is 9.18 Å². The Morgan fingerprint density at radius 2 is 2.25 bits per heavy atom. The molecule has 0 aliphatic carbocycles. The summed E-state index contributed by atoms with van der Waals surface area (Å²) in [5, 5.41) is 7.20. The molecule has 4 nitrogen and oxygen atoms in total. The Labute approximate surface area is 124 Å². The molecule has 0 amide bonds. The van der Waals surface area contributed by atoms with Crippen LogP contribution in [0.5, 0.6) is 0 Å². The van der Waals surface area contributed by atoms with Crippen LogP contribution in [0.15, 0.2) is 39.7 Å². The van der Waals surface area contributed by atoms with Gasteiger partial charge in [0.25, 0.3) is 5.56 Å². The zero-order valence-corrected chi connectivity index (χ0v) is 12.7. The molecule has 1 aromatic heterocycles. The highest BCUT2D eigenvalue weighted by atomic mass is 79.9. The van der Waals surface area contributed by atoms with Crippen LogP contribution in [0.2, 0.25) is 0 Å². The van der Waals surface area contributed by atoms with Crippen molar-refractivity contribution in [3.8, 4) is 0 Å². The summed E-state index contributed by atoms with van der Waals surface area (Å²) in [5.74, 6) is -0.350. The summed E-state index contributed by atoms with van der Waals surface area (Å²) < 4.78 is 15.1. The van der Waals surface area contributed by atoms with E-state index in [0.29, 0.717) is 15.7 Å². The van der Waals surface area contributed by atoms with Gasteiger partial charge in [-0.15, -0.1) is 0 Å². The molecule has 1 aromatic carbocycles. The Kier molecular flexibility index (Phi) is 4.89. The number of hydrogen-bond acceptors (Lipinski definition) is 3. The molecule has 106 valence electrons. The van der Waals surface area contributed by atoms with E-state index in [-0.39, 0.29) is 17.9 Å². The predicted octanol–water partition coefficient (Wildman–Crippen LogP) is 3.02. The summed E-state index contributed by atoms with van der Waals surface area (Å²) in [4.78, 5) is 12.0. The number of halogens is 2. The number of aromatic nitrogens is 2. The lowest BCUT2D eigenvalue weighted by Crippen LogP contribution is -2.23. The molecule has 0 saturated heterocycles. The Balaban J connectivity index is 2.22. The number of anilines is 1. The van der Waals surface area contributed by atoms with Crippen LogP contribution in [0.1, 0.15) is 18.9 Å². The summed E-state index contributed by atoms with van der Waals surface area (Å²) in [6.07, 6.45) is 2.57. The first kappa shape index (κ1) is 14.7. The molecule has 0 saturated carbocycles. The summed E-state index contributed by atoms with van der Waals surface area (Å²) in [5.41, 5.74) is 1.16. The standard InChI is InChI=1S/C14H15BrFN3O/c1-2-6-17-11-7-13(20)19(18-8-11)9-10-4-3-5-12(16)14(10)15/h3-5,7-8,17H,2,6,9H2,1H3.